The van der Waals surface area contributed by atoms with Crippen LogP contribution in [0, 0.1) is 0 Å². The van der Waals surface area contributed by atoms with Crippen molar-refractivity contribution in [3.8, 4) is 5.75 Å². The smallest absolute Gasteiger partial charge is 0.183 e. The minimum Gasteiger partial charge on any atom is -0.497 e. The largest absolute Gasteiger partial charge is 0.497 e. The van der Waals surface area contributed by atoms with Crippen LogP contribution in [-0.4, -0.2) is 33.2 Å². The van der Waals surface area contributed by atoms with Gasteiger partial charge < -0.3 is 14.2 Å². The van der Waals surface area contributed by atoms with E-state index in [2.05, 4.69) is 0 Å². The fourth-order valence-corrected chi connectivity index (χ4v) is 1.21. The standard InChI is InChI=1S/C12H16O4/c1-14-8-11(13)9-16-7-10-3-5-12(15-2)6-4-10/h3-6H,7-9H2,1-2H3. The van der Waals surface area contributed by atoms with Crippen LogP contribution in [-0.2, 0) is 20.9 Å². The van der Waals surface area contributed by atoms with Crippen LogP contribution >= 0.6 is 0 Å². The predicted molar refractivity (Wildman–Crippen MR) is 59.5 cm³/mol. The maximum absolute atomic E-state index is 11.1. The number of benzene rings is 1. The van der Waals surface area contributed by atoms with Gasteiger partial charge in [-0.15, -0.1) is 0 Å². The first kappa shape index (κ1) is 12.7. The predicted octanol–water partition coefficient (Wildman–Crippen LogP) is 1.43. The molecular formula is C12H16O4. The highest BCUT2D eigenvalue weighted by Crippen LogP contribution is 2.11. The number of Topliss-reactive ketones (excluding diaryl/α,β-unsaturated/α-hetero) is 1. The van der Waals surface area contributed by atoms with E-state index in [0.29, 0.717) is 6.61 Å². The molecule has 0 unspecified atom stereocenters. The topological polar surface area (TPSA) is 44.8 Å². The molecule has 4 heteroatoms. The highest BCUT2D eigenvalue weighted by atomic mass is 16.5. The Morgan fingerprint density at radius 1 is 1.12 bits per heavy atom. The van der Waals surface area contributed by atoms with Crippen LogP contribution in [0.4, 0.5) is 0 Å². The maximum atomic E-state index is 11.1. The number of ketones is 1. The highest BCUT2D eigenvalue weighted by Gasteiger charge is 2.01. The van der Waals surface area contributed by atoms with Crippen LogP contribution in [0.15, 0.2) is 24.3 Å². The van der Waals surface area contributed by atoms with Gasteiger partial charge >= 0.3 is 0 Å². The first-order valence-corrected chi connectivity index (χ1v) is 4.97. The lowest BCUT2D eigenvalue weighted by molar-refractivity contribution is -0.127. The van der Waals surface area contributed by atoms with Gasteiger partial charge in [-0.1, -0.05) is 12.1 Å². The number of ether oxygens (including phenoxy) is 3. The lowest BCUT2D eigenvalue weighted by atomic mass is 10.2. The Morgan fingerprint density at radius 3 is 2.38 bits per heavy atom. The second kappa shape index (κ2) is 6.98. The zero-order valence-electron chi connectivity index (χ0n) is 9.56. The summed E-state index contributed by atoms with van der Waals surface area (Å²) in [4.78, 5) is 11.1. The molecule has 4 nitrogen and oxygen atoms in total. The van der Waals surface area contributed by atoms with E-state index in [1.165, 1.54) is 7.11 Å². The van der Waals surface area contributed by atoms with Gasteiger partial charge in [-0.25, -0.2) is 0 Å². The van der Waals surface area contributed by atoms with Crippen molar-refractivity contribution in [3.05, 3.63) is 29.8 Å². The van der Waals surface area contributed by atoms with Crippen LogP contribution in [0.1, 0.15) is 5.56 Å². The molecule has 1 aromatic carbocycles. The number of hydrogen-bond donors (Lipinski definition) is 0. The van der Waals surface area contributed by atoms with Gasteiger partial charge in [-0.3, -0.25) is 4.79 Å². The van der Waals surface area contributed by atoms with Gasteiger partial charge in [0.1, 0.15) is 19.0 Å². The Bertz CT molecular complexity index is 318. The van der Waals surface area contributed by atoms with Gasteiger partial charge in [-0.05, 0) is 17.7 Å². The van der Waals surface area contributed by atoms with Crippen molar-refractivity contribution in [2.45, 2.75) is 6.61 Å². The van der Waals surface area contributed by atoms with Crippen LogP contribution in [0.5, 0.6) is 5.75 Å². The minimum atomic E-state index is -0.0592. The third-order valence-corrected chi connectivity index (χ3v) is 2.00. The number of carbonyl (C=O) groups excluding carboxylic acids is 1. The molecular weight excluding hydrogens is 208 g/mol. The van der Waals surface area contributed by atoms with Gasteiger partial charge in [0.25, 0.3) is 0 Å². The molecule has 0 aliphatic rings. The average Bonchev–Trinajstić information content (AvgIpc) is 2.30. The Balaban J connectivity index is 2.29. The van der Waals surface area contributed by atoms with Crippen LogP contribution in [0.2, 0.25) is 0 Å². The van der Waals surface area contributed by atoms with E-state index in [4.69, 9.17) is 14.2 Å². The third kappa shape index (κ3) is 4.42. The van der Waals surface area contributed by atoms with Crippen LogP contribution < -0.4 is 4.74 Å². The average molecular weight is 224 g/mol. The molecule has 0 aliphatic carbocycles. The van der Waals surface area contributed by atoms with Gasteiger partial charge in [0.05, 0.1) is 13.7 Å². The van der Waals surface area contributed by atoms with Crippen molar-refractivity contribution in [1.82, 2.24) is 0 Å². The first-order valence-electron chi connectivity index (χ1n) is 4.97. The summed E-state index contributed by atoms with van der Waals surface area (Å²) in [6, 6.07) is 7.52. The van der Waals surface area contributed by atoms with Crippen molar-refractivity contribution < 1.29 is 19.0 Å². The quantitative estimate of drug-likeness (QED) is 0.702. The number of rotatable bonds is 7. The molecule has 1 aromatic rings. The van der Waals surface area contributed by atoms with Crippen LogP contribution in [0.25, 0.3) is 0 Å². The van der Waals surface area contributed by atoms with Crippen molar-refractivity contribution in [1.29, 1.82) is 0 Å². The molecule has 0 amide bonds. The number of methoxy groups -OCH3 is 2. The summed E-state index contributed by atoms with van der Waals surface area (Å²) < 4.78 is 15.0. The molecule has 0 spiro atoms. The zero-order valence-corrected chi connectivity index (χ0v) is 9.56. The summed E-state index contributed by atoms with van der Waals surface area (Å²) in [6.45, 7) is 0.599. The van der Waals surface area contributed by atoms with E-state index in [9.17, 15) is 4.79 Å². The molecule has 0 bridgehead atoms. The van der Waals surface area contributed by atoms with Gasteiger partial charge in [0, 0.05) is 7.11 Å². The normalized spacial score (nSPS) is 10.1. The number of carbonyl (C=O) groups is 1. The van der Waals surface area contributed by atoms with Crippen LogP contribution in [0.3, 0.4) is 0 Å². The molecule has 16 heavy (non-hydrogen) atoms. The summed E-state index contributed by atoms with van der Waals surface area (Å²) in [6.07, 6.45) is 0. The van der Waals surface area contributed by atoms with Gasteiger partial charge in [0.15, 0.2) is 5.78 Å². The lowest BCUT2D eigenvalue weighted by Crippen LogP contribution is -2.14. The second-order valence-corrected chi connectivity index (χ2v) is 3.31. The van der Waals surface area contributed by atoms with E-state index >= 15 is 0 Å². The third-order valence-electron chi connectivity index (χ3n) is 2.00. The Kier molecular flexibility index (Phi) is 5.53. The second-order valence-electron chi connectivity index (χ2n) is 3.31. The molecule has 0 atom stereocenters. The summed E-state index contributed by atoms with van der Waals surface area (Å²) in [5.74, 6) is 0.746. The van der Waals surface area contributed by atoms with Crippen molar-refractivity contribution >= 4 is 5.78 Å². The summed E-state index contributed by atoms with van der Waals surface area (Å²) in [7, 11) is 3.11. The van der Waals surface area contributed by atoms with Crippen molar-refractivity contribution in [2.24, 2.45) is 0 Å². The summed E-state index contributed by atoms with van der Waals surface area (Å²) >= 11 is 0. The molecule has 0 saturated carbocycles. The summed E-state index contributed by atoms with van der Waals surface area (Å²) in [5, 5.41) is 0. The lowest BCUT2D eigenvalue weighted by Gasteiger charge is -2.04. The molecule has 1 rings (SSSR count). The van der Waals surface area contributed by atoms with Crippen molar-refractivity contribution in [3.63, 3.8) is 0 Å². The van der Waals surface area contributed by atoms with E-state index in [0.717, 1.165) is 11.3 Å². The fourth-order valence-electron chi connectivity index (χ4n) is 1.21. The first-order chi connectivity index (χ1) is 7.76. The molecule has 0 saturated heterocycles. The Labute approximate surface area is 95.1 Å². The molecule has 0 heterocycles. The van der Waals surface area contributed by atoms with E-state index < -0.39 is 0 Å². The monoisotopic (exact) mass is 224 g/mol. The Morgan fingerprint density at radius 2 is 1.81 bits per heavy atom. The minimum absolute atomic E-state index is 0.0592. The molecule has 0 aliphatic heterocycles. The molecule has 0 radical (unpaired) electrons. The zero-order chi connectivity index (χ0) is 11.8. The molecule has 0 fully saturated rings. The van der Waals surface area contributed by atoms with E-state index in [1.54, 1.807) is 7.11 Å². The molecule has 0 N–H and O–H groups in total. The molecule has 88 valence electrons. The van der Waals surface area contributed by atoms with Crippen molar-refractivity contribution in [2.75, 3.05) is 27.4 Å². The van der Waals surface area contributed by atoms with Gasteiger partial charge in [-0.2, -0.15) is 0 Å². The Hall–Kier alpha value is -1.39. The van der Waals surface area contributed by atoms with E-state index in [-0.39, 0.29) is 19.0 Å². The van der Waals surface area contributed by atoms with E-state index in [1.807, 2.05) is 24.3 Å². The SMILES string of the molecule is COCC(=O)COCc1ccc(OC)cc1. The molecule has 0 aromatic heterocycles. The highest BCUT2D eigenvalue weighted by molar-refractivity contribution is 5.80. The fraction of sp³-hybridized carbons (Fsp3) is 0.417. The maximum Gasteiger partial charge on any atom is 0.183 e. The van der Waals surface area contributed by atoms with Gasteiger partial charge in [0.2, 0.25) is 0 Å². The number of hydrogen-bond acceptors (Lipinski definition) is 4. The summed E-state index contributed by atoms with van der Waals surface area (Å²) in [5.41, 5.74) is 1.01.